The molecule has 1 atom stereocenters. The zero-order valence-corrected chi connectivity index (χ0v) is 19.4. The van der Waals surface area contributed by atoms with Crippen LogP contribution in [0.4, 0.5) is 5.69 Å². The molecule has 0 saturated heterocycles. The van der Waals surface area contributed by atoms with Crippen LogP contribution < -0.4 is 5.32 Å². The number of nitrogens with one attached hydrogen (secondary N) is 1. The van der Waals surface area contributed by atoms with Crippen molar-refractivity contribution in [3.63, 3.8) is 0 Å². The Morgan fingerprint density at radius 3 is 2.37 bits per heavy atom. The summed E-state index contributed by atoms with van der Waals surface area (Å²) in [4.78, 5) is 34.7. The number of hydrogen-bond acceptors (Lipinski definition) is 6. The third kappa shape index (κ3) is 8.07. The van der Waals surface area contributed by atoms with E-state index >= 15 is 0 Å². The van der Waals surface area contributed by atoms with E-state index in [2.05, 4.69) is 45.8 Å². The summed E-state index contributed by atoms with van der Waals surface area (Å²) in [5, 5.41) is 13.7. The normalized spacial score (nSPS) is 12.7. The first-order chi connectivity index (χ1) is 13.9. The van der Waals surface area contributed by atoms with Crippen LogP contribution in [0.2, 0.25) is 18.1 Å². The molecule has 0 radical (unpaired) electrons. The van der Waals surface area contributed by atoms with E-state index in [-0.39, 0.29) is 42.2 Å². The van der Waals surface area contributed by atoms with Gasteiger partial charge in [-0.1, -0.05) is 33.4 Å². The van der Waals surface area contributed by atoms with Gasteiger partial charge in [-0.25, -0.2) is 0 Å². The zero-order valence-electron chi connectivity index (χ0n) is 18.4. The minimum Gasteiger partial charge on any atom is -0.461 e. The lowest BCUT2D eigenvalue weighted by Gasteiger charge is -2.37. The molecule has 0 aliphatic heterocycles. The molecule has 30 heavy (non-hydrogen) atoms. The number of carbonyl (C=O) groups excluding carboxylic acids is 2. The van der Waals surface area contributed by atoms with E-state index in [0.717, 1.165) is 0 Å². The zero-order chi connectivity index (χ0) is 22.9. The van der Waals surface area contributed by atoms with Crippen molar-refractivity contribution in [3.8, 4) is 0 Å². The average molecular weight is 437 g/mol. The van der Waals surface area contributed by atoms with Crippen LogP contribution in [0.5, 0.6) is 0 Å². The highest BCUT2D eigenvalue weighted by molar-refractivity contribution is 6.74. The molecule has 1 aromatic rings. The Morgan fingerprint density at radius 2 is 1.87 bits per heavy atom. The molecule has 8 nitrogen and oxygen atoms in total. The van der Waals surface area contributed by atoms with E-state index in [1.54, 1.807) is 0 Å². The molecule has 1 aromatic carbocycles. The Balaban J connectivity index is 2.84. The molecular formula is C21H32N2O6Si. The third-order valence-corrected chi connectivity index (χ3v) is 9.69. The summed E-state index contributed by atoms with van der Waals surface area (Å²) < 4.78 is 11.2. The Hall–Kier alpha value is -2.52. The first-order valence-corrected chi connectivity index (χ1v) is 12.7. The van der Waals surface area contributed by atoms with E-state index in [9.17, 15) is 19.7 Å². The lowest BCUT2D eigenvalue weighted by molar-refractivity contribution is -0.384. The second-order valence-electron chi connectivity index (χ2n) is 8.56. The largest absolute Gasteiger partial charge is 0.461 e. The van der Waals surface area contributed by atoms with E-state index in [0.29, 0.717) is 12.0 Å². The molecule has 9 heteroatoms. The van der Waals surface area contributed by atoms with Crippen molar-refractivity contribution in [3.05, 3.63) is 52.6 Å². The Labute approximate surface area is 178 Å². The van der Waals surface area contributed by atoms with Crippen LogP contribution in [0.3, 0.4) is 0 Å². The number of nitro benzene ring substituents is 1. The van der Waals surface area contributed by atoms with Crippen molar-refractivity contribution in [1.82, 2.24) is 5.32 Å². The molecule has 1 rings (SSSR count). The minimum absolute atomic E-state index is 0.00279. The number of nitrogens with zero attached hydrogens (tertiary/aromatic N) is 1. The molecule has 0 fully saturated rings. The third-order valence-electron chi connectivity index (χ3n) is 5.19. The summed E-state index contributed by atoms with van der Waals surface area (Å²) in [5.74, 6) is -0.759. The predicted molar refractivity (Wildman–Crippen MR) is 118 cm³/mol. The van der Waals surface area contributed by atoms with E-state index < -0.39 is 19.3 Å². The van der Waals surface area contributed by atoms with Crippen LogP contribution in [0.1, 0.15) is 44.0 Å². The molecule has 0 aromatic heterocycles. The monoisotopic (exact) mass is 436 g/mol. The van der Waals surface area contributed by atoms with Crippen molar-refractivity contribution < 1.29 is 23.7 Å². The molecule has 0 aliphatic rings. The fourth-order valence-electron chi connectivity index (χ4n) is 2.24. The molecule has 0 saturated carbocycles. The Morgan fingerprint density at radius 1 is 1.27 bits per heavy atom. The van der Waals surface area contributed by atoms with E-state index in [4.69, 9.17) is 9.16 Å². The lowest BCUT2D eigenvalue weighted by atomic mass is 10.1. The highest BCUT2D eigenvalue weighted by atomic mass is 28.4. The van der Waals surface area contributed by atoms with Gasteiger partial charge in [-0.05, 0) is 36.7 Å². The van der Waals surface area contributed by atoms with Gasteiger partial charge in [0.2, 0.25) is 0 Å². The number of nitro groups is 1. The second-order valence-corrected chi connectivity index (χ2v) is 13.4. The Bertz CT molecular complexity index is 756. The quantitative estimate of drug-likeness (QED) is 0.183. The summed E-state index contributed by atoms with van der Waals surface area (Å²) in [6.45, 7) is 14.5. The first-order valence-electron chi connectivity index (χ1n) is 9.83. The van der Waals surface area contributed by atoms with Crippen molar-refractivity contribution in [2.75, 3.05) is 13.2 Å². The molecule has 1 N–H and O–H groups in total. The molecule has 0 aliphatic carbocycles. The number of non-ortho nitro benzene ring substituents is 1. The molecule has 0 heterocycles. The number of esters is 1. The number of ether oxygens (including phenoxy) is 1. The molecule has 166 valence electrons. The van der Waals surface area contributed by atoms with Crippen LogP contribution >= 0.6 is 0 Å². The molecule has 1 unspecified atom stereocenters. The molecular weight excluding hydrogens is 404 g/mol. The van der Waals surface area contributed by atoms with Gasteiger partial charge in [0.05, 0.1) is 17.6 Å². The van der Waals surface area contributed by atoms with Crippen molar-refractivity contribution in [2.45, 2.75) is 57.8 Å². The minimum atomic E-state index is -2.05. The maximum absolute atomic E-state index is 12.6. The number of rotatable bonds is 11. The number of amides is 1. The van der Waals surface area contributed by atoms with Gasteiger partial charge in [-0.3, -0.25) is 19.7 Å². The summed E-state index contributed by atoms with van der Waals surface area (Å²) in [7, 11) is -2.05. The van der Waals surface area contributed by atoms with Gasteiger partial charge in [0, 0.05) is 24.1 Å². The molecule has 1 amide bonds. The average Bonchev–Trinajstić information content (AvgIpc) is 2.67. The summed E-state index contributed by atoms with van der Waals surface area (Å²) in [6, 6.07) is 4.96. The summed E-state index contributed by atoms with van der Waals surface area (Å²) in [6.07, 6.45) is 1.97. The maximum Gasteiger partial charge on any atom is 0.306 e. The second kappa shape index (κ2) is 11.0. The summed E-state index contributed by atoms with van der Waals surface area (Å²) >= 11 is 0. The number of carbonyl (C=O) groups is 2. The van der Waals surface area contributed by atoms with Gasteiger partial charge in [0.25, 0.3) is 11.6 Å². The number of benzene rings is 1. The predicted octanol–water partition coefficient (Wildman–Crippen LogP) is 4.22. The fourth-order valence-corrected chi connectivity index (χ4v) is 3.29. The maximum atomic E-state index is 12.6. The van der Waals surface area contributed by atoms with Gasteiger partial charge >= 0.3 is 5.97 Å². The van der Waals surface area contributed by atoms with Crippen LogP contribution in [0.15, 0.2) is 36.9 Å². The summed E-state index contributed by atoms with van der Waals surface area (Å²) in [5.41, 5.74) is 0.210. The van der Waals surface area contributed by atoms with Crippen molar-refractivity contribution in [1.29, 1.82) is 0 Å². The Kier molecular flexibility index (Phi) is 9.38. The fraction of sp³-hybridized carbons (Fsp3) is 0.524. The van der Waals surface area contributed by atoms with Gasteiger partial charge in [0.15, 0.2) is 8.32 Å². The molecule has 0 spiro atoms. The van der Waals surface area contributed by atoms with Gasteiger partial charge in [-0.2, -0.15) is 0 Å². The van der Waals surface area contributed by atoms with Crippen molar-refractivity contribution >= 4 is 25.9 Å². The van der Waals surface area contributed by atoms with Gasteiger partial charge in [-0.15, -0.1) is 0 Å². The van der Waals surface area contributed by atoms with Crippen LogP contribution in [0, 0.1) is 10.1 Å². The number of hydrogen-bond donors (Lipinski definition) is 1. The standard InChI is InChI=1S/C21H32N2O6Si/c1-7-14-28-19(24)13-10-17(15-29-30(5,6)21(2,3)4)22-20(25)16-8-11-18(12-9-16)23(26)27/h7-9,11-12,17H,1,10,13-15H2,2-6H3,(H,22,25). The highest BCUT2D eigenvalue weighted by Crippen LogP contribution is 2.36. The smallest absolute Gasteiger partial charge is 0.306 e. The van der Waals surface area contributed by atoms with Gasteiger partial charge < -0.3 is 14.5 Å². The van der Waals surface area contributed by atoms with E-state index in [1.165, 1.54) is 30.3 Å². The van der Waals surface area contributed by atoms with E-state index in [1.807, 2.05) is 0 Å². The van der Waals surface area contributed by atoms with Crippen molar-refractivity contribution in [2.24, 2.45) is 0 Å². The first kappa shape index (κ1) is 25.5. The topological polar surface area (TPSA) is 108 Å². The van der Waals surface area contributed by atoms with Crippen LogP contribution in [-0.2, 0) is 14.0 Å². The lowest BCUT2D eigenvalue weighted by Crippen LogP contribution is -2.46. The van der Waals surface area contributed by atoms with Gasteiger partial charge in [0.1, 0.15) is 6.61 Å². The van der Waals surface area contributed by atoms with Crippen LogP contribution in [-0.4, -0.2) is 44.4 Å². The SMILES string of the molecule is C=CCOC(=O)CCC(CO[Si](C)(C)C(C)(C)C)NC(=O)c1ccc([N+](=O)[O-])cc1. The van der Waals surface area contributed by atoms with Crippen LogP contribution in [0.25, 0.3) is 0 Å². The molecule has 0 bridgehead atoms. The highest BCUT2D eigenvalue weighted by Gasteiger charge is 2.37.